The number of anilines is 1. The summed E-state index contributed by atoms with van der Waals surface area (Å²) in [5.41, 5.74) is 2.06. The predicted molar refractivity (Wildman–Crippen MR) is 147 cm³/mol. The van der Waals surface area contributed by atoms with Crippen LogP contribution in [-0.4, -0.2) is 21.9 Å². The van der Waals surface area contributed by atoms with Gasteiger partial charge in [0.1, 0.15) is 11.5 Å². The van der Waals surface area contributed by atoms with Crippen molar-refractivity contribution in [3.63, 3.8) is 0 Å². The van der Waals surface area contributed by atoms with Gasteiger partial charge in [-0.05, 0) is 51.6 Å². The molecule has 4 aromatic rings. The molecule has 1 aliphatic heterocycles. The second kappa shape index (κ2) is 9.09. The Morgan fingerprint density at radius 3 is 2.22 bits per heavy atom. The summed E-state index contributed by atoms with van der Waals surface area (Å²) in [6.07, 6.45) is 0. The molecule has 186 valence electrons. The highest BCUT2D eigenvalue weighted by atomic mass is 35.5. The smallest absolute Gasteiger partial charge is 0.300 e. The number of hydrogen-bond donors (Lipinski definition) is 2. The van der Waals surface area contributed by atoms with Crippen LogP contribution >= 0.6 is 11.6 Å². The van der Waals surface area contributed by atoms with Crippen LogP contribution in [0.5, 0.6) is 5.75 Å². The monoisotopic (exact) mass is 511 g/mol. The van der Waals surface area contributed by atoms with Gasteiger partial charge in [0, 0.05) is 10.6 Å². The summed E-state index contributed by atoms with van der Waals surface area (Å²) in [6.45, 7) is 6.29. The SMILES string of the molecule is CC(C)(C)c1ccc(C2/C(=C(/O)c3ccc4ccccc4c3)C(=O)C(=O)N2c2cc(Cl)ccc2O)cc1. The van der Waals surface area contributed by atoms with E-state index < -0.39 is 17.7 Å². The first-order valence-electron chi connectivity index (χ1n) is 12.0. The number of hydrogen-bond acceptors (Lipinski definition) is 4. The first kappa shape index (κ1) is 24.6. The summed E-state index contributed by atoms with van der Waals surface area (Å²) in [6, 6.07) is 24.0. The largest absolute Gasteiger partial charge is 0.507 e. The lowest BCUT2D eigenvalue weighted by atomic mass is 9.85. The second-order valence-corrected chi connectivity index (χ2v) is 10.7. The van der Waals surface area contributed by atoms with Crippen molar-refractivity contribution in [2.75, 3.05) is 4.90 Å². The van der Waals surface area contributed by atoms with Crippen molar-refractivity contribution in [1.82, 2.24) is 0 Å². The van der Waals surface area contributed by atoms with Gasteiger partial charge in [-0.2, -0.15) is 0 Å². The first-order chi connectivity index (χ1) is 17.6. The summed E-state index contributed by atoms with van der Waals surface area (Å²) < 4.78 is 0. The molecule has 4 aromatic carbocycles. The number of aromatic hydroxyl groups is 1. The minimum Gasteiger partial charge on any atom is -0.507 e. The first-order valence-corrected chi connectivity index (χ1v) is 12.3. The Morgan fingerprint density at radius 2 is 1.54 bits per heavy atom. The van der Waals surface area contributed by atoms with Gasteiger partial charge in [0.05, 0.1) is 17.3 Å². The van der Waals surface area contributed by atoms with E-state index in [9.17, 15) is 19.8 Å². The number of fused-ring (bicyclic) bond motifs is 1. The molecular weight excluding hydrogens is 486 g/mol. The van der Waals surface area contributed by atoms with Crippen LogP contribution < -0.4 is 4.90 Å². The van der Waals surface area contributed by atoms with Crippen LogP contribution in [0.3, 0.4) is 0 Å². The quantitative estimate of drug-likeness (QED) is 0.174. The van der Waals surface area contributed by atoms with Crippen LogP contribution in [0.2, 0.25) is 5.02 Å². The van der Waals surface area contributed by atoms with Gasteiger partial charge in [0.25, 0.3) is 11.7 Å². The van der Waals surface area contributed by atoms with Crippen molar-refractivity contribution in [3.8, 4) is 5.75 Å². The molecule has 2 N–H and O–H groups in total. The summed E-state index contributed by atoms with van der Waals surface area (Å²) in [7, 11) is 0. The van der Waals surface area contributed by atoms with Gasteiger partial charge in [-0.3, -0.25) is 14.5 Å². The van der Waals surface area contributed by atoms with Crippen LogP contribution in [0, 0.1) is 0 Å². The van der Waals surface area contributed by atoms with E-state index in [1.54, 1.807) is 12.1 Å². The standard InChI is InChI=1S/C31H26ClNO4/c1-31(2,3)22-12-10-19(11-13-22)27-26(28(35)21-9-8-18-6-4-5-7-20(18)16-21)29(36)30(37)33(27)24-17-23(32)14-15-25(24)34/h4-17,27,34-35H,1-3H3/b28-26-. The van der Waals surface area contributed by atoms with E-state index in [4.69, 9.17) is 11.6 Å². The van der Waals surface area contributed by atoms with E-state index in [2.05, 4.69) is 20.8 Å². The molecule has 0 aliphatic carbocycles. The lowest BCUT2D eigenvalue weighted by Crippen LogP contribution is -2.29. The average Bonchev–Trinajstić information content (AvgIpc) is 3.14. The van der Waals surface area contributed by atoms with Gasteiger partial charge < -0.3 is 10.2 Å². The number of carbonyl (C=O) groups excluding carboxylic acids is 2. The minimum atomic E-state index is -0.968. The van der Waals surface area contributed by atoms with Crippen LogP contribution in [0.1, 0.15) is 43.5 Å². The topological polar surface area (TPSA) is 77.8 Å². The summed E-state index contributed by atoms with van der Waals surface area (Å²) in [5.74, 6) is -2.17. The number of amides is 1. The van der Waals surface area contributed by atoms with Gasteiger partial charge in [-0.25, -0.2) is 0 Å². The Hall–Kier alpha value is -4.09. The molecule has 1 amide bonds. The average molecular weight is 512 g/mol. The van der Waals surface area contributed by atoms with E-state index in [0.29, 0.717) is 16.1 Å². The maximum absolute atomic E-state index is 13.4. The predicted octanol–water partition coefficient (Wildman–Crippen LogP) is 7.12. The molecule has 1 unspecified atom stereocenters. The van der Waals surface area contributed by atoms with Crippen molar-refractivity contribution in [2.24, 2.45) is 0 Å². The van der Waals surface area contributed by atoms with Crippen LogP contribution in [0.4, 0.5) is 5.69 Å². The lowest BCUT2D eigenvalue weighted by molar-refractivity contribution is -0.132. The molecule has 1 saturated heterocycles. The maximum Gasteiger partial charge on any atom is 0.300 e. The third-order valence-electron chi connectivity index (χ3n) is 6.76. The van der Waals surface area contributed by atoms with E-state index in [1.165, 1.54) is 23.1 Å². The van der Waals surface area contributed by atoms with Gasteiger partial charge in [0.15, 0.2) is 0 Å². The number of rotatable bonds is 3. The highest BCUT2D eigenvalue weighted by Crippen LogP contribution is 2.45. The fourth-order valence-electron chi connectivity index (χ4n) is 4.74. The third kappa shape index (κ3) is 4.36. The zero-order valence-electron chi connectivity index (χ0n) is 20.7. The van der Waals surface area contributed by atoms with Crippen molar-refractivity contribution in [2.45, 2.75) is 32.2 Å². The van der Waals surface area contributed by atoms with E-state index in [0.717, 1.165) is 16.3 Å². The molecule has 37 heavy (non-hydrogen) atoms. The fourth-order valence-corrected chi connectivity index (χ4v) is 4.91. The molecule has 1 heterocycles. The molecule has 0 saturated carbocycles. The van der Waals surface area contributed by atoms with Crippen molar-refractivity contribution in [3.05, 3.63) is 112 Å². The Kier molecular flexibility index (Phi) is 6.04. The molecule has 5 nitrogen and oxygen atoms in total. The minimum absolute atomic E-state index is 0.0526. The Morgan fingerprint density at radius 1 is 0.865 bits per heavy atom. The van der Waals surface area contributed by atoms with E-state index in [1.807, 2.05) is 54.6 Å². The van der Waals surface area contributed by atoms with Gasteiger partial charge in [-0.1, -0.05) is 93.0 Å². The second-order valence-electron chi connectivity index (χ2n) is 10.2. The summed E-state index contributed by atoms with van der Waals surface area (Å²) in [4.78, 5) is 28.1. The van der Waals surface area contributed by atoms with E-state index >= 15 is 0 Å². The van der Waals surface area contributed by atoms with Crippen LogP contribution in [0.15, 0.2) is 90.5 Å². The molecule has 0 radical (unpaired) electrons. The molecule has 0 aromatic heterocycles. The lowest BCUT2D eigenvalue weighted by Gasteiger charge is -2.27. The fraction of sp³-hybridized carbons (Fsp3) is 0.161. The number of benzene rings is 4. The molecule has 1 aliphatic rings. The number of halogens is 1. The molecule has 0 spiro atoms. The Labute approximate surface area is 220 Å². The number of carbonyl (C=O) groups is 2. The molecule has 1 atom stereocenters. The maximum atomic E-state index is 13.4. The van der Waals surface area contributed by atoms with Crippen molar-refractivity contribution in [1.29, 1.82) is 0 Å². The van der Waals surface area contributed by atoms with Gasteiger partial charge >= 0.3 is 0 Å². The van der Waals surface area contributed by atoms with Gasteiger partial charge in [-0.15, -0.1) is 0 Å². The van der Waals surface area contributed by atoms with Crippen LogP contribution in [0.25, 0.3) is 16.5 Å². The highest BCUT2D eigenvalue weighted by Gasteiger charge is 2.47. The molecule has 1 fully saturated rings. The Bertz CT molecular complexity index is 1580. The number of aliphatic hydroxyl groups is 1. The summed E-state index contributed by atoms with van der Waals surface area (Å²) >= 11 is 6.20. The zero-order valence-corrected chi connectivity index (χ0v) is 21.5. The number of nitrogens with zero attached hydrogens (tertiary/aromatic N) is 1. The highest BCUT2D eigenvalue weighted by molar-refractivity contribution is 6.52. The summed E-state index contributed by atoms with van der Waals surface area (Å²) in [5, 5.41) is 24.3. The van der Waals surface area contributed by atoms with E-state index in [-0.39, 0.29) is 28.2 Å². The van der Waals surface area contributed by atoms with Crippen molar-refractivity contribution < 1.29 is 19.8 Å². The number of Topliss-reactive ketones (excluding diaryl/α,β-unsaturated/α-hetero) is 1. The molecule has 5 rings (SSSR count). The number of phenolic OH excluding ortho intramolecular Hbond substituents is 1. The van der Waals surface area contributed by atoms with Crippen LogP contribution in [-0.2, 0) is 15.0 Å². The van der Waals surface area contributed by atoms with Gasteiger partial charge in [0.2, 0.25) is 0 Å². The zero-order chi connectivity index (χ0) is 26.5. The van der Waals surface area contributed by atoms with Crippen molar-refractivity contribution >= 4 is 45.5 Å². The molecular formula is C31H26ClNO4. The Balaban J connectivity index is 1.74. The normalized spacial score (nSPS) is 17.5. The third-order valence-corrected chi connectivity index (χ3v) is 6.99. The molecule has 0 bridgehead atoms. The number of ketones is 1. The number of aliphatic hydroxyl groups excluding tert-OH is 1. The molecule has 6 heteroatoms. The number of phenols is 1.